The number of sulfonamides is 1. The van der Waals surface area contributed by atoms with Crippen LogP contribution in [0.4, 0.5) is 0 Å². The Morgan fingerprint density at radius 3 is 2.67 bits per heavy atom. The summed E-state index contributed by atoms with van der Waals surface area (Å²) in [6.07, 6.45) is 5.98. The van der Waals surface area contributed by atoms with Gasteiger partial charge in [0.05, 0.1) is 12.3 Å². The van der Waals surface area contributed by atoms with Crippen LogP contribution < -0.4 is 15.4 Å². The normalized spacial score (nSPS) is 25.5. The third kappa shape index (κ3) is 6.80. The molecule has 140 valence electrons. The van der Waals surface area contributed by atoms with Crippen LogP contribution in [0, 0.1) is 5.92 Å². The van der Waals surface area contributed by atoms with Crippen LogP contribution in [0.1, 0.15) is 46.0 Å². The molecule has 8 heteroatoms. The number of nitrogens with zero attached hydrogens (tertiary/aromatic N) is 1. The molecule has 1 aliphatic heterocycles. The van der Waals surface area contributed by atoms with Crippen LogP contribution in [0.3, 0.4) is 0 Å². The fourth-order valence-electron chi connectivity index (χ4n) is 2.87. The van der Waals surface area contributed by atoms with Crippen molar-refractivity contribution in [2.24, 2.45) is 10.9 Å². The number of hydrogen-bond acceptors (Lipinski definition) is 4. The average Bonchev–Trinajstić information content (AvgIpc) is 2.90. The van der Waals surface area contributed by atoms with E-state index in [2.05, 4.69) is 27.3 Å². The summed E-state index contributed by atoms with van der Waals surface area (Å²) < 4.78 is 27.0. The maximum atomic E-state index is 12.0. The average molecular weight is 377 g/mol. The summed E-state index contributed by atoms with van der Waals surface area (Å²) in [7, 11) is -3.21. The molecule has 24 heavy (non-hydrogen) atoms. The van der Waals surface area contributed by atoms with Crippen LogP contribution in [0.5, 0.6) is 0 Å². The van der Waals surface area contributed by atoms with E-state index in [1.807, 2.05) is 18.7 Å². The van der Waals surface area contributed by atoms with Crippen molar-refractivity contribution in [1.29, 1.82) is 0 Å². The van der Waals surface area contributed by atoms with E-state index in [0.29, 0.717) is 25.0 Å². The molecule has 0 amide bonds. The number of nitrogens with one attached hydrogen (secondary N) is 3. The van der Waals surface area contributed by atoms with Gasteiger partial charge in [-0.3, -0.25) is 4.99 Å². The van der Waals surface area contributed by atoms with E-state index in [1.165, 1.54) is 25.0 Å². The van der Waals surface area contributed by atoms with Crippen molar-refractivity contribution in [2.75, 3.05) is 37.7 Å². The van der Waals surface area contributed by atoms with Gasteiger partial charge in [0.15, 0.2) is 5.96 Å². The van der Waals surface area contributed by atoms with Gasteiger partial charge in [-0.2, -0.15) is 11.8 Å². The molecule has 1 atom stereocenters. The van der Waals surface area contributed by atoms with Gasteiger partial charge in [-0.1, -0.05) is 6.42 Å². The van der Waals surface area contributed by atoms with E-state index in [0.717, 1.165) is 25.9 Å². The summed E-state index contributed by atoms with van der Waals surface area (Å²) in [6.45, 7) is 6.76. The Bertz CT molecular complexity index is 512. The van der Waals surface area contributed by atoms with E-state index in [4.69, 9.17) is 0 Å². The molecular formula is C16H32N4O2S2. The molecule has 1 heterocycles. The van der Waals surface area contributed by atoms with E-state index < -0.39 is 10.0 Å². The van der Waals surface area contributed by atoms with Crippen LogP contribution >= 0.6 is 11.8 Å². The van der Waals surface area contributed by atoms with Crippen molar-refractivity contribution in [3.63, 3.8) is 0 Å². The first-order valence-electron chi connectivity index (χ1n) is 9.06. The molecule has 0 spiro atoms. The Labute approximate surface area is 151 Å². The van der Waals surface area contributed by atoms with Crippen LogP contribution in [0.15, 0.2) is 4.99 Å². The highest BCUT2D eigenvalue weighted by atomic mass is 32.2. The molecule has 2 aliphatic rings. The SMILES string of the molecule is CCNC(=NCC1(C)CCCS1)NCCS(=O)(=O)NCC1CCC1. The predicted octanol–water partition coefficient (Wildman–Crippen LogP) is 1.55. The van der Waals surface area contributed by atoms with Gasteiger partial charge < -0.3 is 10.6 Å². The number of thioether (sulfide) groups is 1. The van der Waals surface area contributed by atoms with Crippen molar-refractivity contribution in [3.05, 3.63) is 0 Å². The van der Waals surface area contributed by atoms with Gasteiger partial charge in [0.25, 0.3) is 0 Å². The molecule has 1 saturated carbocycles. The lowest BCUT2D eigenvalue weighted by molar-refractivity contribution is 0.316. The Balaban J connectivity index is 1.73. The second kappa shape index (κ2) is 9.29. The monoisotopic (exact) mass is 376 g/mol. The Morgan fingerprint density at radius 1 is 1.29 bits per heavy atom. The molecule has 0 aromatic rings. The summed E-state index contributed by atoms with van der Waals surface area (Å²) in [5.41, 5.74) is 0. The molecule has 0 aromatic carbocycles. The molecule has 1 saturated heterocycles. The molecule has 1 aliphatic carbocycles. The molecule has 0 bridgehead atoms. The first-order chi connectivity index (χ1) is 11.4. The summed E-state index contributed by atoms with van der Waals surface area (Å²) in [6, 6.07) is 0. The summed E-state index contributed by atoms with van der Waals surface area (Å²) >= 11 is 1.98. The minimum absolute atomic E-state index is 0.0795. The minimum atomic E-state index is -3.21. The number of aliphatic imine (C=N–C) groups is 1. The van der Waals surface area contributed by atoms with Crippen molar-refractivity contribution < 1.29 is 8.42 Å². The minimum Gasteiger partial charge on any atom is -0.357 e. The van der Waals surface area contributed by atoms with E-state index in [9.17, 15) is 8.42 Å². The smallest absolute Gasteiger partial charge is 0.213 e. The molecule has 3 N–H and O–H groups in total. The Hall–Kier alpha value is -0.470. The first kappa shape index (κ1) is 19.8. The first-order valence-corrected chi connectivity index (χ1v) is 11.7. The fourth-order valence-corrected chi connectivity index (χ4v) is 5.10. The molecule has 1 unspecified atom stereocenters. The summed E-state index contributed by atoms with van der Waals surface area (Å²) in [5, 5.41) is 6.34. The lowest BCUT2D eigenvalue weighted by Gasteiger charge is -2.25. The van der Waals surface area contributed by atoms with Gasteiger partial charge in [-0.25, -0.2) is 13.1 Å². The third-order valence-electron chi connectivity index (χ3n) is 4.70. The molecule has 2 rings (SSSR count). The zero-order chi connectivity index (χ0) is 17.5. The molecule has 6 nitrogen and oxygen atoms in total. The summed E-state index contributed by atoms with van der Waals surface area (Å²) in [5.74, 6) is 2.54. The van der Waals surface area contributed by atoms with Gasteiger partial charge in [0.2, 0.25) is 10.0 Å². The lowest BCUT2D eigenvalue weighted by atomic mass is 9.86. The van der Waals surface area contributed by atoms with Crippen LogP contribution in [-0.4, -0.2) is 56.8 Å². The summed E-state index contributed by atoms with van der Waals surface area (Å²) in [4.78, 5) is 4.64. The van der Waals surface area contributed by atoms with Crippen molar-refractivity contribution in [3.8, 4) is 0 Å². The Kier molecular flexibility index (Phi) is 7.68. The van der Waals surface area contributed by atoms with Gasteiger partial charge >= 0.3 is 0 Å². The number of rotatable bonds is 9. The topological polar surface area (TPSA) is 82.6 Å². The third-order valence-corrected chi connectivity index (χ3v) is 7.57. The van der Waals surface area contributed by atoms with Crippen molar-refractivity contribution in [1.82, 2.24) is 15.4 Å². The van der Waals surface area contributed by atoms with Gasteiger partial charge in [-0.15, -0.1) is 0 Å². The molecule has 2 fully saturated rings. The largest absolute Gasteiger partial charge is 0.357 e. The molecule has 0 radical (unpaired) electrons. The second-order valence-electron chi connectivity index (χ2n) is 6.99. The molecular weight excluding hydrogens is 344 g/mol. The lowest BCUT2D eigenvalue weighted by Crippen LogP contribution is -2.42. The number of guanidine groups is 1. The zero-order valence-corrected chi connectivity index (χ0v) is 16.6. The number of hydrogen-bond donors (Lipinski definition) is 3. The maximum absolute atomic E-state index is 12.0. The molecule has 0 aromatic heterocycles. The highest BCUT2D eigenvalue weighted by Gasteiger charge is 2.29. The standard InChI is InChI=1S/C16H32N4O2S2/c1-3-17-15(19-13-16(2)8-5-10-23-16)18-9-11-24(21,22)20-12-14-6-4-7-14/h14,20H,3-13H2,1-2H3,(H2,17,18,19). The van der Waals surface area contributed by atoms with Gasteiger partial charge in [0, 0.05) is 24.4 Å². The van der Waals surface area contributed by atoms with Crippen LogP contribution in [0.25, 0.3) is 0 Å². The van der Waals surface area contributed by atoms with E-state index in [1.54, 1.807) is 0 Å². The van der Waals surface area contributed by atoms with Crippen LogP contribution in [-0.2, 0) is 10.0 Å². The second-order valence-corrected chi connectivity index (χ2v) is 10.6. The van der Waals surface area contributed by atoms with Crippen molar-refractivity contribution >= 4 is 27.7 Å². The van der Waals surface area contributed by atoms with E-state index in [-0.39, 0.29) is 10.5 Å². The predicted molar refractivity (Wildman–Crippen MR) is 103 cm³/mol. The van der Waals surface area contributed by atoms with Gasteiger partial charge in [-0.05, 0) is 51.2 Å². The highest BCUT2D eigenvalue weighted by Crippen LogP contribution is 2.37. The van der Waals surface area contributed by atoms with E-state index >= 15 is 0 Å². The van der Waals surface area contributed by atoms with Crippen molar-refractivity contribution in [2.45, 2.75) is 50.7 Å². The highest BCUT2D eigenvalue weighted by molar-refractivity contribution is 8.00. The zero-order valence-electron chi connectivity index (χ0n) is 14.9. The maximum Gasteiger partial charge on any atom is 0.213 e. The van der Waals surface area contributed by atoms with Gasteiger partial charge in [0.1, 0.15) is 0 Å². The Morgan fingerprint density at radius 2 is 2.08 bits per heavy atom. The quantitative estimate of drug-likeness (QED) is 0.420. The van der Waals surface area contributed by atoms with Crippen LogP contribution in [0.2, 0.25) is 0 Å². The fraction of sp³-hybridized carbons (Fsp3) is 0.938.